The highest BCUT2D eigenvalue weighted by molar-refractivity contribution is 5.21. The third kappa shape index (κ3) is 1.51. The van der Waals surface area contributed by atoms with Gasteiger partial charge >= 0.3 is 0 Å². The van der Waals surface area contributed by atoms with Crippen LogP contribution in [0.3, 0.4) is 0 Å². The van der Waals surface area contributed by atoms with Crippen molar-refractivity contribution in [1.29, 1.82) is 0 Å². The van der Waals surface area contributed by atoms with Crippen molar-refractivity contribution in [2.24, 2.45) is 5.84 Å². The molecule has 0 amide bonds. The van der Waals surface area contributed by atoms with E-state index in [1.807, 2.05) is 0 Å². The maximum Gasteiger partial charge on any atom is 0.0254 e. The lowest BCUT2D eigenvalue weighted by molar-refractivity contribution is 0.628. The predicted octanol–water partition coefficient (Wildman–Crippen LogP) is 1.69. The van der Waals surface area contributed by atoms with Crippen LogP contribution in [0.4, 0.5) is 0 Å². The van der Waals surface area contributed by atoms with Crippen molar-refractivity contribution in [3.8, 4) is 0 Å². The molecule has 0 radical (unpaired) electrons. The van der Waals surface area contributed by atoms with Crippen LogP contribution in [-0.4, -0.2) is 0 Å². The Balaban J connectivity index is 2.27. The first-order chi connectivity index (χ1) is 4.88. The molecular formula is C8H16N2. The molecule has 3 N–H and O–H groups in total. The van der Waals surface area contributed by atoms with Crippen LogP contribution in [-0.2, 0) is 0 Å². The van der Waals surface area contributed by atoms with Crippen LogP contribution < -0.4 is 11.3 Å². The largest absolute Gasteiger partial charge is 0.328 e. The minimum atomic E-state index is 1.16. The number of nitrogens with two attached hydrogens (primary N) is 1. The van der Waals surface area contributed by atoms with E-state index < -0.39 is 0 Å². The molecule has 0 aromatic heterocycles. The molecule has 0 bridgehead atoms. The normalized spacial score (nSPS) is 17.0. The molecule has 1 aliphatic carbocycles. The first kappa shape index (κ1) is 7.61. The topological polar surface area (TPSA) is 38.0 Å². The van der Waals surface area contributed by atoms with E-state index in [2.05, 4.69) is 12.3 Å². The Bertz CT molecular complexity index is 138. The SMILES string of the molecule is CCCCC1=C(NN)CC1. The molecule has 2 nitrogen and oxygen atoms in total. The van der Waals surface area contributed by atoms with Crippen molar-refractivity contribution in [2.75, 3.05) is 0 Å². The third-order valence-corrected chi connectivity index (χ3v) is 2.11. The molecule has 0 aliphatic heterocycles. The second-order valence-electron chi connectivity index (χ2n) is 2.83. The second kappa shape index (κ2) is 3.62. The molecule has 1 aliphatic rings. The van der Waals surface area contributed by atoms with Gasteiger partial charge < -0.3 is 5.43 Å². The van der Waals surface area contributed by atoms with E-state index in [1.165, 1.54) is 31.4 Å². The van der Waals surface area contributed by atoms with Gasteiger partial charge in [0, 0.05) is 5.70 Å². The zero-order chi connectivity index (χ0) is 7.40. The summed E-state index contributed by atoms with van der Waals surface area (Å²) in [5.41, 5.74) is 5.57. The number of hydrogen-bond acceptors (Lipinski definition) is 2. The number of rotatable bonds is 4. The van der Waals surface area contributed by atoms with E-state index in [9.17, 15) is 0 Å². The van der Waals surface area contributed by atoms with Gasteiger partial charge in [0.2, 0.25) is 0 Å². The van der Waals surface area contributed by atoms with Crippen LogP contribution in [0.5, 0.6) is 0 Å². The summed E-state index contributed by atoms with van der Waals surface area (Å²) >= 11 is 0. The molecule has 58 valence electrons. The van der Waals surface area contributed by atoms with Crippen molar-refractivity contribution < 1.29 is 0 Å². The lowest BCUT2D eigenvalue weighted by atomic mass is 9.90. The van der Waals surface area contributed by atoms with Gasteiger partial charge in [0.25, 0.3) is 0 Å². The van der Waals surface area contributed by atoms with E-state index in [0.29, 0.717) is 0 Å². The van der Waals surface area contributed by atoms with Gasteiger partial charge in [-0.2, -0.15) is 0 Å². The highest BCUT2D eigenvalue weighted by Crippen LogP contribution is 2.28. The molecule has 0 unspecified atom stereocenters. The Morgan fingerprint density at radius 2 is 2.30 bits per heavy atom. The zero-order valence-corrected chi connectivity index (χ0v) is 6.61. The van der Waals surface area contributed by atoms with Gasteiger partial charge in [0.05, 0.1) is 0 Å². The molecule has 0 saturated heterocycles. The summed E-state index contributed by atoms with van der Waals surface area (Å²) in [6, 6.07) is 0. The van der Waals surface area contributed by atoms with E-state index >= 15 is 0 Å². The number of hydrogen-bond donors (Lipinski definition) is 2. The maximum atomic E-state index is 5.29. The minimum absolute atomic E-state index is 1.16. The molecule has 0 saturated carbocycles. The molecule has 0 spiro atoms. The molecule has 2 heteroatoms. The lowest BCUT2D eigenvalue weighted by Crippen LogP contribution is -2.27. The maximum absolute atomic E-state index is 5.29. The number of hydrazine groups is 1. The minimum Gasteiger partial charge on any atom is -0.328 e. The van der Waals surface area contributed by atoms with Gasteiger partial charge in [-0.1, -0.05) is 13.3 Å². The number of unbranched alkanes of at least 4 members (excludes halogenated alkanes) is 1. The molecule has 0 fully saturated rings. The van der Waals surface area contributed by atoms with Crippen molar-refractivity contribution in [3.05, 3.63) is 11.3 Å². The molecule has 1 rings (SSSR count). The van der Waals surface area contributed by atoms with E-state index in [4.69, 9.17) is 5.84 Å². The summed E-state index contributed by atoms with van der Waals surface area (Å²) in [4.78, 5) is 0. The summed E-state index contributed by atoms with van der Waals surface area (Å²) in [5, 5.41) is 0. The van der Waals surface area contributed by atoms with Crippen molar-refractivity contribution in [2.45, 2.75) is 39.0 Å². The number of nitrogens with one attached hydrogen (secondary N) is 1. The van der Waals surface area contributed by atoms with Gasteiger partial charge in [-0.25, -0.2) is 0 Å². The predicted molar refractivity (Wildman–Crippen MR) is 43.1 cm³/mol. The van der Waals surface area contributed by atoms with E-state index in [-0.39, 0.29) is 0 Å². The van der Waals surface area contributed by atoms with Gasteiger partial charge in [-0.3, -0.25) is 5.84 Å². The van der Waals surface area contributed by atoms with Crippen LogP contribution in [0.15, 0.2) is 11.3 Å². The summed E-state index contributed by atoms with van der Waals surface area (Å²) < 4.78 is 0. The first-order valence-electron chi connectivity index (χ1n) is 4.06. The molecule has 0 heterocycles. The molecule has 10 heavy (non-hydrogen) atoms. The second-order valence-corrected chi connectivity index (χ2v) is 2.83. The van der Waals surface area contributed by atoms with Crippen molar-refractivity contribution >= 4 is 0 Å². The molecule has 0 aromatic rings. The fourth-order valence-electron chi connectivity index (χ4n) is 1.27. The molecular weight excluding hydrogens is 124 g/mol. The summed E-state index contributed by atoms with van der Waals surface area (Å²) in [6.07, 6.45) is 6.26. The van der Waals surface area contributed by atoms with Crippen LogP contribution in [0.2, 0.25) is 0 Å². The van der Waals surface area contributed by atoms with Gasteiger partial charge in [0.15, 0.2) is 0 Å². The standard InChI is InChI=1S/C8H16N2/c1-2-3-4-7-5-6-8(7)10-9/h10H,2-6,9H2,1H3. The first-order valence-corrected chi connectivity index (χ1v) is 4.06. The Morgan fingerprint density at radius 3 is 2.70 bits per heavy atom. The van der Waals surface area contributed by atoms with Gasteiger partial charge in [0.1, 0.15) is 0 Å². The van der Waals surface area contributed by atoms with Gasteiger partial charge in [-0.05, 0) is 31.3 Å². The van der Waals surface area contributed by atoms with Crippen molar-refractivity contribution in [1.82, 2.24) is 5.43 Å². The smallest absolute Gasteiger partial charge is 0.0254 e. The fraction of sp³-hybridized carbons (Fsp3) is 0.750. The quantitative estimate of drug-likeness (QED) is 0.460. The van der Waals surface area contributed by atoms with Crippen LogP contribution in [0.25, 0.3) is 0 Å². The van der Waals surface area contributed by atoms with Crippen LogP contribution in [0.1, 0.15) is 39.0 Å². The Hall–Kier alpha value is -0.500. The monoisotopic (exact) mass is 140 g/mol. The third-order valence-electron chi connectivity index (χ3n) is 2.11. The van der Waals surface area contributed by atoms with Crippen LogP contribution >= 0.6 is 0 Å². The van der Waals surface area contributed by atoms with Crippen LogP contribution in [0, 0.1) is 0 Å². The lowest BCUT2D eigenvalue weighted by Gasteiger charge is -2.22. The Labute approximate surface area is 62.5 Å². The summed E-state index contributed by atoms with van der Waals surface area (Å²) in [6.45, 7) is 2.22. The Morgan fingerprint density at radius 1 is 1.50 bits per heavy atom. The summed E-state index contributed by atoms with van der Waals surface area (Å²) in [7, 11) is 0. The highest BCUT2D eigenvalue weighted by atomic mass is 15.2. The van der Waals surface area contributed by atoms with Gasteiger partial charge in [-0.15, -0.1) is 0 Å². The molecule has 0 atom stereocenters. The zero-order valence-electron chi connectivity index (χ0n) is 6.61. The molecule has 0 aromatic carbocycles. The fourth-order valence-corrected chi connectivity index (χ4v) is 1.27. The average Bonchev–Trinajstić information content (AvgIpc) is 1.88. The number of allylic oxidation sites excluding steroid dienone is 2. The van der Waals surface area contributed by atoms with E-state index in [1.54, 1.807) is 5.57 Å². The average molecular weight is 140 g/mol. The Kier molecular flexibility index (Phi) is 2.75. The summed E-state index contributed by atoms with van der Waals surface area (Å²) in [5.74, 6) is 5.29. The van der Waals surface area contributed by atoms with E-state index in [0.717, 1.165) is 6.42 Å². The highest BCUT2D eigenvalue weighted by Gasteiger charge is 2.14. The van der Waals surface area contributed by atoms with Crippen molar-refractivity contribution in [3.63, 3.8) is 0 Å².